The zero-order valence-corrected chi connectivity index (χ0v) is 45.3. The van der Waals surface area contributed by atoms with Crippen LogP contribution in [0.2, 0.25) is 0 Å². The number of aliphatic hydroxyl groups excluding tert-OH is 2. The third-order valence-electron chi connectivity index (χ3n) is 11.8. The number of nitrogens with one attached hydrogen (secondary N) is 5. The molecule has 26 nitrogen and oxygen atoms in total. The van der Waals surface area contributed by atoms with E-state index >= 15 is 0 Å². The summed E-state index contributed by atoms with van der Waals surface area (Å²) in [5.41, 5.74) is 3.25. The van der Waals surface area contributed by atoms with Crippen molar-refractivity contribution in [2.45, 2.75) is 161 Å². The van der Waals surface area contributed by atoms with Crippen molar-refractivity contribution < 1.29 is 86.4 Å². The molecule has 3 rings (SSSR count). The van der Waals surface area contributed by atoms with Gasteiger partial charge in [-0.15, -0.1) is 0 Å². The first-order valence-corrected chi connectivity index (χ1v) is 26.2. The number of nitrogens with zero attached hydrogens (tertiary/aromatic N) is 3. The van der Waals surface area contributed by atoms with E-state index in [1.54, 1.807) is 48.6 Å². The number of hydrogen-bond donors (Lipinski definition) is 7. The molecule has 0 bridgehead atoms. The fourth-order valence-electron chi connectivity index (χ4n) is 8.18. The lowest BCUT2D eigenvalue weighted by molar-refractivity contribution is -0.333. The van der Waals surface area contributed by atoms with Crippen molar-refractivity contribution in [2.24, 2.45) is 4.99 Å². The van der Waals surface area contributed by atoms with Gasteiger partial charge in [-0.1, -0.05) is 32.1 Å². The molecule has 76 heavy (non-hydrogen) atoms. The normalized spacial score (nSPS) is 24.9. The van der Waals surface area contributed by atoms with Gasteiger partial charge in [-0.2, -0.15) is 0 Å². The number of likely N-dealkylation sites (N-methyl/N-ethyl adjacent to an activating group) is 1. The first kappa shape index (κ1) is 64.6. The van der Waals surface area contributed by atoms with E-state index in [2.05, 4.69) is 43.9 Å². The predicted molar refractivity (Wildman–Crippen MR) is 272 cm³/mol. The number of amidine groups is 1. The molecule has 0 radical (unpaired) electrons. The SMILES string of the molecule is C=C(C)C(=C=CCC(=O)OCCC)N1C(=O)CC(=NCCCCCCNC(=O)NC2C(OC3C(COC(=O)NCC)OC(OCC)C(NC)C3O)OC(COC(=O)NCC)C(OCC)C2O)N(CCC(=O)OCC)C1=O. The number of amides is 7. The Bertz CT molecular complexity index is 2000. The molecule has 7 amide bonds. The van der Waals surface area contributed by atoms with Gasteiger partial charge in [-0.05, 0) is 79.5 Å². The minimum atomic E-state index is -1.54. The molecular weight excluding hydrogens is 1000 g/mol. The van der Waals surface area contributed by atoms with Gasteiger partial charge in [-0.3, -0.25) is 24.3 Å². The number of rotatable bonds is 31. The van der Waals surface area contributed by atoms with Gasteiger partial charge in [0.15, 0.2) is 12.6 Å². The van der Waals surface area contributed by atoms with Crippen LogP contribution in [0.15, 0.2) is 34.6 Å². The number of imide groups is 1. The van der Waals surface area contributed by atoms with E-state index in [0.29, 0.717) is 37.7 Å². The smallest absolute Gasteiger partial charge is 0.407 e. The molecule has 3 aliphatic rings. The molecule has 3 aliphatic heterocycles. The van der Waals surface area contributed by atoms with Gasteiger partial charge in [0.25, 0.3) is 0 Å². The van der Waals surface area contributed by atoms with E-state index in [4.69, 9.17) is 42.6 Å². The van der Waals surface area contributed by atoms with E-state index in [1.165, 1.54) is 11.0 Å². The summed E-state index contributed by atoms with van der Waals surface area (Å²) < 4.78 is 51.4. The van der Waals surface area contributed by atoms with Crippen LogP contribution in [-0.4, -0.2) is 209 Å². The largest absolute Gasteiger partial charge is 0.466 e. The third kappa shape index (κ3) is 20.3. The summed E-state index contributed by atoms with van der Waals surface area (Å²) in [6, 6.07) is -3.68. The summed E-state index contributed by atoms with van der Waals surface area (Å²) >= 11 is 0. The molecule has 7 N–H and O–H groups in total. The number of hydrogen-bond acceptors (Lipinski definition) is 20. The molecule has 0 aliphatic carbocycles. The van der Waals surface area contributed by atoms with Crippen LogP contribution in [0.3, 0.4) is 0 Å². The van der Waals surface area contributed by atoms with Crippen molar-refractivity contribution in [3.05, 3.63) is 29.7 Å². The summed E-state index contributed by atoms with van der Waals surface area (Å²) in [6.07, 6.45) is -7.90. The Balaban J connectivity index is 1.73. The summed E-state index contributed by atoms with van der Waals surface area (Å²) in [5, 5.41) is 37.1. The number of aliphatic imine (C=N–C) groups is 1. The molecule has 3 fully saturated rings. The highest BCUT2D eigenvalue weighted by atomic mass is 16.7. The van der Waals surface area contributed by atoms with E-state index in [9.17, 15) is 43.8 Å². The first-order valence-electron chi connectivity index (χ1n) is 26.2. The van der Waals surface area contributed by atoms with Gasteiger partial charge in [0.05, 0.1) is 44.2 Å². The summed E-state index contributed by atoms with van der Waals surface area (Å²) in [4.78, 5) is 97.0. The number of esters is 2. The molecule has 0 aromatic carbocycles. The van der Waals surface area contributed by atoms with E-state index in [-0.39, 0.29) is 89.9 Å². The fraction of sp³-hybridized carbons (Fsp3) is 0.740. The Morgan fingerprint density at radius 2 is 1.42 bits per heavy atom. The van der Waals surface area contributed by atoms with Crippen LogP contribution in [0.25, 0.3) is 0 Å². The first-order chi connectivity index (χ1) is 36.5. The number of unbranched alkanes of at least 4 members (excludes halogenated alkanes) is 3. The standard InChI is InChI=1S/C50H82N8O18/c1-10-27-71-37(60)22-20-21-32(31(7)8)58-36(59)28-35(57(50(58)67)26-23-38(61)68-13-4)54-24-18-16-17-19-25-55-47(64)56-40-42(63)43(69-14-5)33(29-72-48(65)52-11-2)75-46(40)76-44-34(30-73-49(66)53-12-3)74-45(70-15-6)39(51-9)41(44)62/h20,33-34,39-46,51,62-63H,7,10-19,22-30H2,1-6,8-9H3,(H,52,65)(H,53,66)(H2,55,56,64). The second-order valence-corrected chi connectivity index (χ2v) is 17.6. The topological polar surface area (TPSA) is 322 Å². The number of alkyl carbamates (subject to hydrolysis) is 2. The average molecular weight is 1080 g/mol. The van der Waals surface area contributed by atoms with Crippen LogP contribution in [0.4, 0.5) is 19.2 Å². The Morgan fingerprint density at radius 1 is 0.789 bits per heavy atom. The Morgan fingerprint density at radius 3 is 2.03 bits per heavy atom. The molecule has 0 aromatic heterocycles. The molecule has 3 saturated heterocycles. The van der Waals surface area contributed by atoms with Gasteiger partial charge in [-0.25, -0.2) is 24.1 Å². The van der Waals surface area contributed by atoms with Gasteiger partial charge in [0, 0.05) is 45.9 Å². The van der Waals surface area contributed by atoms with Crippen LogP contribution < -0.4 is 26.6 Å². The molecule has 10 atom stereocenters. The highest BCUT2D eigenvalue weighted by Gasteiger charge is 2.53. The van der Waals surface area contributed by atoms with Crippen molar-refractivity contribution in [2.75, 3.05) is 79.4 Å². The lowest BCUT2D eigenvalue weighted by Gasteiger charge is -2.48. The van der Waals surface area contributed by atoms with Crippen LogP contribution in [0.1, 0.15) is 99.8 Å². The minimum absolute atomic E-state index is 0.0593. The van der Waals surface area contributed by atoms with Crippen molar-refractivity contribution in [3.63, 3.8) is 0 Å². The van der Waals surface area contributed by atoms with Crippen molar-refractivity contribution >= 4 is 47.9 Å². The number of carbonyl (C=O) groups excluding carboxylic acids is 7. The molecule has 430 valence electrons. The van der Waals surface area contributed by atoms with Gasteiger partial charge >= 0.3 is 36.2 Å². The highest BCUT2D eigenvalue weighted by molar-refractivity contribution is 6.17. The van der Waals surface area contributed by atoms with Crippen molar-refractivity contribution in [3.8, 4) is 0 Å². The average Bonchev–Trinajstić information content (AvgIpc) is 3.38. The lowest BCUT2D eigenvalue weighted by Crippen LogP contribution is -2.69. The molecule has 10 unspecified atom stereocenters. The zero-order valence-electron chi connectivity index (χ0n) is 45.3. The number of ether oxygens (including phenoxy) is 9. The second kappa shape index (κ2) is 34.9. The van der Waals surface area contributed by atoms with Crippen LogP contribution in [0, 0.1) is 0 Å². The maximum absolute atomic E-state index is 13.9. The third-order valence-corrected chi connectivity index (χ3v) is 11.8. The quantitative estimate of drug-likeness (QED) is 0.0172. The van der Waals surface area contributed by atoms with Crippen LogP contribution in [-0.2, 0) is 57.0 Å². The molecule has 0 saturated carbocycles. The molecule has 3 heterocycles. The Hall–Kier alpha value is -5.70. The van der Waals surface area contributed by atoms with Crippen molar-refractivity contribution in [1.29, 1.82) is 0 Å². The maximum Gasteiger partial charge on any atom is 0.407 e. The Labute approximate surface area is 444 Å². The van der Waals surface area contributed by atoms with Crippen LogP contribution in [0.5, 0.6) is 0 Å². The monoisotopic (exact) mass is 1080 g/mol. The molecule has 0 spiro atoms. The fourth-order valence-corrected chi connectivity index (χ4v) is 8.18. The van der Waals surface area contributed by atoms with Crippen molar-refractivity contribution in [1.82, 2.24) is 36.4 Å². The maximum atomic E-state index is 13.9. The Kier molecular flexibility index (Phi) is 29.6. The van der Waals surface area contributed by atoms with Gasteiger partial charge in [0.1, 0.15) is 61.7 Å². The molecule has 26 heteroatoms. The molecule has 0 aromatic rings. The van der Waals surface area contributed by atoms with Crippen LogP contribution >= 0.6 is 0 Å². The number of urea groups is 2. The molecular formula is C50H82N8O18. The predicted octanol–water partition coefficient (Wildman–Crippen LogP) is 2.26. The van der Waals surface area contributed by atoms with Gasteiger partial charge in [0.2, 0.25) is 5.91 Å². The lowest BCUT2D eigenvalue weighted by atomic mass is 9.94. The minimum Gasteiger partial charge on any atom is -0.466 e. The second-order valence-electron chi connectivity index (χ2n) is 17.6. The summed E-state index contributed by atoms with van der Waals surface area (Å²) in [5.74, 6) is -1.45. The number of aliphatic hydroxyl groups is 2. The van der Waals surface area contributed by atoms with E-state index in [1.807, 2.05) is 6.92 Å². The van der Waals surface area contributed by atoms with E-state index in [0.717, 1.165) is 4.90 Å². The summed E-state index contributed by atoms with van der Waals surface area (Å²) in [6.45, 7) is 16.7. The summed E-state index contributed by atoms with van der Waals surface area (Å²) in [7, 11) is 1.58. The van der Waals surface area contributed by atoms with E-state index < -0.39 is 117 Å². The zero-order chi connectivity index (χ0) is 56.2. The highest BCUT2D eigenvalue weighted by Crippen LogP contribution is 2.31. The van der Waals surface area contributed by atoms with Gasteiger partial charge < -0.3 is 79.4 Å². The number of carbonyl (C=O) groups is 7.